The Morgan fingerprint density at radius 1 is 1.71 bits per heavy atom. The van der Waals surface area contributed by atoms with Gasteiger partial charge in [-0.25, -0.2) is 0 Å². The molecule has 0 saturated carbocycles. The summed E-state index contributed by atoms with van der Waals surface area (Å²) in [6.07, 6.45) is 1.42. The maximum Gasteiger partial charge on any atom is 0.124 e. The van der Waals surface area contributed by atoms with Crippen molar-refractivity contribution in [3.63, 3.8) is 0 Å². The number of likely N-dealkylation sites (N-methyl/N-ethyl adjacent to an activating group) is 1. The number of rotatable bonds is 4. The minimum Gasteiger partial charge on any atom is -0.292 e. The summed E-state index contributed by atoms with van der Waals surface area (Å²) in [5, 5.41) is 0. The monoisotopic (exact) mass is 196 g/mol. The van der Waals surface area contributed by atoms with Crippen LogP contribution in [0, 0.1) is 12.3 Å². The summed E-state index contributed by atoms with van der Waals surface area (Å²) in [5.74, 6) is 2.03. The molecular formula is C13H17N. The van der Waals surface area contributed by atoms with Crippen LogP contribution < -0.4 is 0 Å². The second-order valence-electron chi connectivity index (χ2n) is 2.81. The lowest BCUT2D eigenvalue weighted by Crippen LogP contribution is -2.31. The quantitative estimate of drug-likeness (QED) is 0.667. The first kappa shape index (κ1) is 3.72. The molecule has 14 heavy (non-hydrogen) atoms. The van der Waals surface area contributed by atoms with Crippen molar-refractivity contribution >= 4 is 0 Å². The molecule has 0 fully saturated rings. The maximum absolute atomic E-state index is 8.31. The third-order valence-electron chi connectivity index (χ3n) is 1.78. The van der Waals surface area contributed by atoms with E-state index >= 15 is 0 Å². The molecule has 0 heterocycles. The summed E-state index contributed by atoms with van der Waals surface area (Å²) < 4.78 is 69.2. The first-order valence-electron chi connectivity index (χ1n) is 8.60. The summed E-state index contributed by atoms with van der Waals surface area (Å²) in [6.45, 7) is -0.900. The van der Waals surface area contributed by atoms with Gasteiger partial charge in [-0.05, 0) is 26.0 Å². The van der Waals surface area contributed by atoms with Gasteiger partial charge in [0.05, 0.1) is 16.1 Å². The van der Waals surface area contributed by atoms with E-state index in [2.05, 4.69) is 0 Å². The Morgan fingerprint density at radius 2 is 2.43 bits per heavy atom. The van der Waals surface area contributed by atoms with Crippen LogP contribution in [0.5, 0.6) is 0 Å². The molecule has 0 aliphatic rings. The highest BCUT2D eigenvalue weighted by atomic mass is 15.1. The molecule has 1 aromatic carbocycles. The van der Waals surface area contributed by atoms with Gasteiger partial charge in [0.15, 0.2) is 0 Å². The van der Waals surface area contributed by atoms with E-state index in [9.17, 15) is 0 Å². The van der Waals surface area contributed by atoms with Crippen LogP contribution in [0.1, 0.15) is 24.8 Å². The Labute approximate surface area is 99.4 Å². The van der Waals surface area contributed by atoms with Crippen LogP contribution in [0.4, 0.5) is 0 Å². The predicted octanol–water partition coefficient (Wildman–Crippen LogP) is 2.18. The molecular weight excluding hydrogens is 170 g/mol. The number of terminal acetylenes is 1. The van der Waals surface area contributed by atoms with Gasteiger partial charge in [0, 0.05) is 7.39 Å². The van der Waals surface area contributed by atoms with E-state index < -0.39 is 42.7 Å². The summed E-state index contributed by atoms with van der Waals surface area (Å²) in [6, 6.07) is -3.95. The van der Waals surface area contributed by atoms with Crippen LogP contribution >= 0.6 is 0 Å². The Bertz CT molecular complexity index is 643. The van der Waals surface area contributed by atoms with Crippen LogP contribution in [0.25, 0.3) is 0 Å². The molecule has 1 heteroatoms. The van der Waals surface area contributed by atoms with Crippen molar-refractivity contribution in [3.8, 4) is 12.3 Å². The zero-order valence-corrected chi connectivity index (χ0v) is 8.15. The average Bonchev–Trinajstić information content (AvgIpc) is 2.46. The standard InChI is InChI=1S/C13H17N/c1-4-10-14(3)12(2)11-13-8-6-5-7-9-13/h1,5-9,12H,10-11H2,2-3H3/t12-/m0/s1/i1D,5D,6D,7D,8D,9D,10D2,12D. The molecule has 0 unspecified atom stereocenters. The van der Waals surface area contributed by atoms with Crippen LogP contribution in [0.3, 0.4) is 0 Å². The van der Waals surface area contributed by atoms with Crippen LogP contribution in [-0.2, 0) is 6.42 Å². The Balaban J connectivity index is 3.33. The van der Waals surface area contributed by atoms with Crippen LogP contribution in [0.2, 0.25) is 0 Å². The molecule has 0 aliphatic heterocycles. The molecule has 0 saturated heterocycles. The fourth-order valence-electron chi connectivity index (χ4n) is 0.918. The van der Waals surface area contributed by atoms with Crippen molar-refractivity contribution in [2.24, 2.45) is 0 Å². The molecule has 1 rings (SSSR count). The Hall–Kier alpha value is -1.26. The Kier molecular flexibility index (Phi) is 1.45. The van der Waals surface area contributed by atoms with E-state index in [0.29, 0.717) is 0 Å². The minimum absolute atomic E-state index is 0.0602. The van der Waals surface area contributed by atoms with E-state index in [0.717, 1.165) is 4.90 Å². The predicted molar refractivity (Wildman–Crippen MR) is 61.1 cm³/mol. The topological polar surface area (TPSA) is 3.24 Å². The minimum atomic E-state index is -2.26. The van der Waals surface area contributed by atoms with Gasteiger partial charge < -0.3 is 0 Å². The molecule has 0 radical (unpaired) electrons. The number of hydrogen-bond acceptors (Lipinski definition) is 1. The molecule has 0 spiro atoms. The van der Waals surface area contributed by atoms with Crippen LogP contribution in [-0.4, -0.2) is 24.5 Å². The van der Waals surface area contributed by atoms with Crippen molar-refractivity contribution in [1.82, 2.24) is 4.90 Å². The van der Waals surface area contributed by atoms with Crippen molar-refractivity contribution < 1.29 is 12.3 Å². The first-order chi connectivity index (χ1) is 10.4. The largest absolute Gasteiger partial charge is 0.292 e. The summed E-state index contributed by atoms with van der Waals surface area (Å²) >= 11 is 0. The van der Waals surface area contributed by atoms with Gasteiger partial charge in [0.2, 0.25) is 0 Å². The third kappa shape index (κ3) is 3.24. The number of benzene rings is 1. The molecule has 0 aliphatic carbocycles. The normalized spacial score (nSPS) is 24.4. The molecule has 0 amide bonds. The molecule has 1 atom stereocenters. The second kappa shape index (κ2) is 5.47. The van der Waals surface area contributed by atoms with Crippen molar-refractivity contribution in [2.75, 3.05) is 13.5 Å². The SMILES string of the molecule is [2H]C#CC([2H])([2H])N(C)[C@@]([2H])(C)Cc1c([2H])c([2H])c([2H])c([2H])c1[2H]. The van der Waals surface area contributed by atoms with Gasteiger partial charge in [-0.3, -0.25) is 4.90 Å². The molecule has 0 bridgehead atoms. The fourth-order valence-corrected chi connectivity index (χ4v) is 0.918. The molecule has 0 N–H and O–H groups in total. The fraction of sp³-hybridized carbons (Fsp3) is 0.385. The van der Waals surface area contributed by atoms with Gasteiger partial charge in [-0.15, -0.1) is 6.40 Å². The van der Waals surface area contributed by atoms with Gasteiger partial charge in [-0.1, -0.05) is 36.1 Å². The summed E-state index contributed by atoms with van der Waals surface area (Å²) in [7, 11) is 1.30. The van der Waals surface area contributed by atoms with Gasteiger partial charge >= 0.3 is 0 Å². The lowest BCUT2D eigenvalue weighted by molar-refractivity contribution is 0.287. The number of nitrogens with zero attached hydrogens (tertiary/aromatic N) is 1. The van der Waals surface area contributed by atoms with Crippen molar-refractivity contribution in [1.29, 1.82) is 0 Å². The first-order valence-corrected chi connectivity index (χ1v) is 4.10. The van der Waals surface area contributed by atoms with E-state index in [1.54, 1.807) is 6.40 Å². The van der Waals surface area contributed by atoms with Gasteiger partial charge in [0.25, 0.3) is 0 Å². The van der Waals surface area contributed by atoms with E-state index in [-0.39, 0.29) is 12.0 Å². The molecule has 1 aromatic rings. The van der Waals surface area contributed by atoms with E-state index in [1.807, 2.05) is 5.92 Å². The van der Waals surface area contributed by atoms with Crippen molar-refractivity contribution in [2.45, 2.75) is 19.4 Å². The van der Waals surface area contributed by atoms with Gasteiger partial charge in [-0.2, -0.15) is 0 Å². The highest BCUT2D eigenvalue weighted by Gasteiger charge is 2.07. The zero-order chi connectivity index (χ0) is 18.2. The highest BCUT2D eigenvalue weighted by molar-refractivity contribution is 5.15. The summed E-state index contributed by atoms with van der Waals surface area (Å²) in [5.41, 5.74) is -0.0602. The van der Waals surface area contributed by atoms with E-state index in [1.165, 1.54) is 14.0 Å². The lowest BCUT2D eigenvalue weighted by atomic mass is 10.1. The average molecular weight is 196 g/mol. The summed E-state index contributed by atoms with van der Waals surface area (Å²) in [4.78, 5) is 0.961. The lowest BCUT2D eigenvalue weighted by Gasteiger charge is -2.22. The van der Waals surface area contributed by atoms with Crippen molar-refractivity contribution in [3.05, 3.63) is 35.8 Å². The smallest absolute Gasteiger partial charge is 0.124 e. The highest BCUT2D eigenvalue weighted by Crippen LogP contribution is 2.06. The zero-order valence-electron chi connectivity index (χ0n) is 17.2. The number of hydrogen-bond donors (Lipinski definition) is 0. The maximum atomic E-state index is 8.31. The molecule has 1 nitrogen and oxygen atoms in total. The van der Waals surface area contributed by atoms with Crippen LogP contribution in [0.15, 0.2) is 30.2 Å². The Morgan fingerprint density at radius 3 is 3.07 bits per heavy atom. The molecule has 74 valence electrons. The second-order valence-corrected chi connectivity index (χ2v) is 2.81. The third-order valence-corrected chi connectivity index (χ3v) is 1.78. The van der Waals surface area contributed by atoms with Gasteiger partial charge in [0.1, 0.15) is 1.37 Å². The molecule has 0 aromatic heterocycles. The van der Waals surface area contributed by atoms with E-state index in [4.69, 9.17) is 12.3 Å².